The van der Waals surface area contributed by atoms with Gasteiger partial charge in [0, 0.05) is 7.05 Å². The van der Waals surface area contributed by atoms with Crippen LogP contribution < -0.4 is 10.5 Å². The summed E-state index contributed by atoms with van der Waals surface area (Å²) in [5.41, 5.74) is 6.28. The van der Waals surface area contributed by atoms with Crippen molar-refractivity contribution in [3.8, 4) is 6.07 Å². The lowest BCUT2D eigenvalue weighted by molar-refractivity contribution is 0.601. The number of aromatic amines is 1. The quantitative estimate of drug-likeness (QED) is 0.647. The highest BCUT2D eigenvalue weighted by molar-refractivity contribution is 7.92. The number of hydrogen-bond donors (Lipinski definition) is 3. The van der Waals surface area contributed by atoms with Gasteiger partial charge in [0.05, 0.1) is 27.8 Å². The molecule has 118 valence electrons. The van der Waals surface area contributed by atoms with Gasteiger partial charge in [0.1, 0.15) is 16.8 Å². The van der Waals surface area contributed by atoms with Crippen molar-refractivity contribution < 1.29 is 8.42 Å². The molecule has 1 aromatic carbocycles. The van der Waals surface area contributed by atoms with Gasteiger partial charge in [-0.1, -0.05) is 11.6 Å². The van der Waals surface area contributed by atoms with Crippen molar-refractivity contribution in [1.82, 2.24) is 20.0 Å². The van der Waals surface area contributed by atoms with E-state index in [9.17, 15) is 8.42 Å². The average Bonchev–Trinajstić information content (AvgIpc) is 3.07. The SMILES string of the molecule is Cn1ncc(S(=O)(=O)Nc2ccc(Cl)c3c(C#N)n[nH]c23)c1N. The zero-order chi connectivity index (χ0) is 16.8. The van der Waals surface area contributed by atoms with Crippen molar-refractivity contribution in [3.05, 3.63) is 29.0 Å². The third-order valence-electron chi connectivity index (χ3n) is 3.26. The number of aryl methyl sites for hydroxylation is 1. The zero-order valence-electron chi connectivity index (χ0n) is 11.7. The van der Waals surface area contributed by atoms with Gasteiger partial charge >= 0.3 is 0 Å². The largest absolute Gasteiger partial charge is 0.383 e. The Labute approximate surface area is 135 Å². The molecule has 0 amide bonds. The summed E-state index contributed by atoms with van der Waals surface area (Å²) < 4.78 is 28.6. The number of nitriles is 1. The van der Waals surface area contributed by atoms with Crippen molar-refractivity contribution in [3.63, 3.8) is 0 Å². The summed E-state index contributed by atoms with van der Waals surface area (Å²) in [4.78, 5) is -0.150. The highest BCUT2D eigenvalue weighted by atomic mass is 35.5. The summed E-state index contributed by atoms with van der Waals surface area (Å²) in [6.07, 6.45) is 1.15. The van der Waals surface area contributed by atoms with Crippen molar-refractivity contribution >= 4 is 44.0 Å². The molecule has 4 N–H and O–H groups in total. The number of benzene rings is 1. The van der Waals surface area contributed by atoms with Crippen LogP contribution in [0.15, 0.2) is 23.2 Å². The minimum Gasteiger partial charge on any atom is -0.383 e. The molecule has 23 heavy (non-hydrogen) atoms. The second-order valence-electron chi connectivity index (χ2n) is 4.65. The molecule has 0 unspecified atom stereocenters. The number of sulfonamides is 1. The Morgan fingerprint density at radius 3 is 2.83 bits per heavy atom. The molecule has 2 aromatic heterocycles. The van der Waals surface area contributed by atoms with Crippen LogP contribution in [-0.4, -0.2) is 28.4 Å². The Balaban J connectivity index is 2.12. The van der Waals surface area contributed by atoms with Crippen molar-refractivity contribution in [2.24, 2.45) is 7.05 Å². The third-order valence-corrected chi connectivity index (χ3v) is 4.96. The Hall–Kier alpha value is -2.77. The maximum atomic E-state index is 12.5. The molecule has 0 atom stereocenters. The molecule has 3 aromatic rings. The Bertz CT molecular complexity index is 1060. The smallest absolute Gasteiger partial charge is 0.267 e. The Morgan fingerprint density at radius 1 is 1.48 bits per heavy atom. The number of nitrogens with two attached hydrogens (primary N) is 1. The van der Waals surface area contributed by atoms with Gasteiger partial charge in [0.15, 0.2) is 5.69 Å². The molecule has 0 saturated heterocycles. The number of nitrogen functional groups attached to an aromatic ring is 1. The van der Waals surface area contributed by atoms with E-state index in [4.69, 9.17) is 22.6 Å². The molecule has 0 bridgehead atoms. The molecule has 9 nitrogen and oxygen atoms in total. The van der Waals surface area contributed by atoms with E-state index in [1.54, 1.807) is 0 Å². The van der Waals surface area contributed by atoms with Gasteiger partial charge in [-0.3, -0.25) is 14.5 Å². The van der Waals surface area contributed by atoms with Gasteiger partial charge < -0.3 is 5.73 Å². The zero-order valence-corrected chi connectivity index (χ0v) is 13.3. The van der Waals surface area contributed by atoms with E-state index < -0.39 is 10.0 Å². The predicted octanol–water partition coefficient (Wildman–Crippen LogP) is 1.20. The highest BCUT2D eigenvalue weighted by Gasteiger charge is 2.23. The van der Waals surface area contributed by atoms with Crippen LogP contribution in [0.4, 0.5) is 11.5 Å². The normalized spacial score (nSPS) is 11.5. The fourth-order valence-electron chi connectivity index (χ4n) is 2.09. The molecule has 0 saturated carbocycles. The molecule has 0 radical (unpaired) electrons. The maximum Gasteiger partial charge on any atom is 0.267 e. The number of aromatic nitrogens is 4. The lowest BCUT2D eigenvalue weighted by Gasteiger charge is -2.09. The fourth-order valence-corrected chi connectivity index (χ4v) is 3.50. The first kappa shape index (κ1) is 15.1. The number of nitrogens with one attached hydrogen (secondary N) is 2. The summed E-state index contributed by atoms with van der Waals surface area (Å²) >= 11 is 6.05. The van der Waals surface area contributed by atoms with E-state index in [2.05, 4.69) is 20.0 Å². The lowest BCUT2D eigenvalue weighted by Crippen LogP contribution is -2.15. The number of fused-ring (bicyclic) bond motifs is 1. The van der Waals surface area contributed by atoms with Crippen LogP contribution in [0.2, 0.25) is 5.02 Å². The monoisotopic (exact) mass is 351 g/mol. The van der Waals surface area contributed by atoms with Gasteiger partial charge in [0.25, 0.3) is 10.0 Å². The summed E-state index contributed by atoms with van der Waals surface area (Å²) in [5.74, 6) is 0.00466. The summed E-state index contributed by atoms with van der Waals surface area (Å²) in [6.45, 7) is 0. The van der Waals surface area contributed by atoms with Crippen LogP contribution in [0.1, 0.15) is 5.69 Å². The molecule has 0 aliphatic carbocycles. The van der Waals surface area contributed by atoms with Crippen LogP contribution in [0.3, 0.4) is 0 Å². The van der Waals surface area contributed by atoms with E-state index in [0.717, 1.165) is 6.20 Å². The first-order valence-corrected chi connectivity index (χ1v) is 8.08. The minimum atomic E-state index is -3.96. The lowest BCUT2D eigenvalue weighted by atomic mass is 10.2. The van der Waals surface area contributed by atoms with Gasteiger partial charge in [-0.15, -0.1) is 0 Å². The molecule has 3 rings (SSSR count). The molecule has 0 fully saturated rings. The Morgan fingerprint density at radius 2 is 2.22 bits per heavy atom. The molecule has 0 aliphatic heterocycles. The first-order valence-electron chi connectivity index (χ1n) is 6.22. The van der Waals surface area contributed by atoms with Crippen LogP contribution in [-0.2, 0) is 17.1 Å². The fraction of sp³-hybridized carbons (Fsp3) is 0.0833. The number of rotatable bonds is 3. The molecule has 2 heterocycles. The number of hydrogen-bond acceptors (Lipinski definition) is 6. The van der Waals surface area contributed by atoms with Crippen molar-refractivity contribution in [2.45, 2.75) is 4.90 Å². The summed E-state index contributed by atoms with van der Waals surface area (Å²) in [7, 11) is -2.43. The van der Waals surface area contributed by atoms with Crippen LogP contribution >= 0.6 is 11.6 Å². The number of H-pyrrole nitrogens is 1. The van der Waals surface area contributed by atoms with E-state index in [1.807, 2.05) is 6.07 Å². The van der Waals surface area contributed by atoms with Crippen LogP contribution in [0.25, 0.3) is 10.9 Å². The third kappa shape index (κ3) is 2.36. The van der Waals surface area contributed by atoms with Crippen molar-refractivity contribution in [2.75, 3.05) is 10.5 Å². The van der Waals surface area contributed by atoms with E-state index in [-0.39, 0.29) is 27.1 Å². The topological polar surface area (TPSA) is 142 Å². The number of anilines is 2. The number of halogens is 1. The molecular formula is C12H10ClN7O2S. The minimum absolute atomic E-state index is 0.00466. The second kappa shape index (κ2) is 5.15. The average molecular weight is 352 g/mol. The first-order chi connectivity index (χ1) is 10.8. The predicted molar refractivity (Wildman–Crippen MR) is 84.2 cm³/mol. The van der Waals surface area contributed by atoms with Gasteiger partial charge in [-0.2, -0.15) is 15.5 Å². The van der Waals surface area contributed by atoms with Gasteiger partial charge in [-0.05, 0) is 12.1 Å². The molecular weight excluding hydrogens is 342 g/mol. The van der Waals surface area contributed by atoms with Gasteiger partial charge in [0.2, 0.25) is 0 Å². The summed E-state index contributed by atoms with van der Waals surface area (Å²) in [5, 5.41) is 19.9. The van der Waals surface area contributed by atoms with E-state index in [1.165, 1.54) is 23.9 Å². The summed E-state index contributed by atoms with van der Waals surface area (Å²) in [6, 6.07) is 4.83. The van der Waals surface area contributed by atoms with Gasteiger partial charge in [-0.25, -0.2) is 8.42 Å². The van der Waals surface area contributed by atoms with Crippen molar-refractivity contribution in [1.29, 1.82) is 5.26 Å². The van der Waals surface area contributed by atoms with Crippen LogP contribution in [0.5, 0.6) is 0 Å². The molecule has 0 aliphatic rings. The highest BCUT2D eigenvalue weighted by Crippen LogP contribution is 2.32. The molecule has 0 spiro atoms. The van der Waals surface area contributed by atoms with Crippen LogP contribution in [0, 0.1) is 11.3 Å². The van der Waals surface area contributed by atoms with E-state index >= 15 is 0 Å². The maximum absolute atomic E-state index is 12.5. The molecule has 11 heteroatoms. The standard InChI is InChI=1S/C12H10ClN7O2S/c1-20-12(15)9(5-16-20)23(21,22)19-7-3-2-6(13)10-8(4-14)17-18-11(7)10/h2-3,5,19H,15H2,1H3,(H,17,18). The Kier molecular flexibility index (Phi) is 3.39. The van der Waals surface area contributed by atoms with E-state index in [0.29, 0.717) is 10.9 Å². The number of nitrogens with zero attached hydrogens (tertiary/aromatic N) is 4. The second-order valence-corrected chi connectivity index (χ2v) is 6.71.